The van der Waals surface area contributed by atoms with Crippen LogP contribution in [0.1, 0.15) is 22.7 Å². The van der Waals surface area contributed by atoms with Crippen LogP contribution in [0.25, 0.3) is 54.4 Å². The molecule has 6 aromatic carbocycles. The summed E-state index contributed by atoms with van der Waals surface area (Å²) in [5, 5.41) is 9.74. The van der Waals surface area contributed by atoms with Crippen molar-refractivity contribution in [1.29, 1.82) is 0 Å². The Bertz CT molecular complexity index is 2430. The number of benzene rings is 6. The van der Waals surface area contributed by atoms with Gasteiger partial charge in [0.1, 0.15) is 5.84 Å². The van der Waals surface area contributed by atoms with Crippen LogP contribution < -0.4 is 5.32 Å². The van der Waals surface area contributed by atoms with Crippen molar-refractivity contribution in [2.24, 2.45) is 4.99 Å². The van der Waals surface area contributed by atoms with E-state index in [4.69, 9.17) is 4.99 Å². The average Bonchev–Trinajstić information content (AvgIpc) is 3.75. The Morgan fingerprint density at radius 1 is 0.587 bits per heavy atom. The molecule has 46 heavy (non-hydrogen) atoms. The van der Waals surface area contributed by atoms with Crippen LogP contribution in [0.2, 0.25) is 0 Å². The number of nitrogens with one attached hydrogen (secondary N) is 1. The molecule has 0 saturated heterocycles. The van der Waals surface area contributed by atoms with Crippen LogP contribution in [0.4, 0.5) is 0 Å². The van der Waals surface area contributed by atoms with Gasteiger partial charge in [-0.3, -0.25) is 4.99 Å². The number of hydrogen-bond donors (Lipinski definition) is 1. The van der Waals surface area contributed by atoms with E-state index in [1.807, 2.05) is 17.4 Å². The largest absolute Gasteiger partial charge is 0.340 e. The minimum absolute atomic E-state index is 0.155. The number of amidine groups is 1. The standard InChI is InChI=1S/C42H29N3S/c1-3-10-28(11-4-1)29-18-20-30(21-19-29)36-27-37(44-42(43-36)32-12-5-2-6-13-32)33-14-9-15-34(26-33)45-38-17-8-7-16-35(38)40-39(45)23-22-31-24-25-46-41(31)40/h1-27,37H,(H,43,44). The van der Waals surface area contributed by atoms with Crippen LogP contribution in [-0.2, 0) is 0 Å². The van der Waals surface area contributed by atoms with Crippen LogP contribution >= 0.6 is 11.3 Å². The van der Waals surface area contributed by atoms with Gasteiger partial charge in [-0.2, -0.15) is 0 Å². The van der Waals surface area contributed by atoms with Crippen molar-refractivity contribution in [3.05, 3.63) is 180 Å². The first-order valence-corrected chi connectivity index (χ1v) is 16.5. The topological polar surface area (TPSA) is 29.3 Å². The average molecular weight is 608 g/mol. The van der Waals surface area contributed by atoms with Gasteiger partial charge in [0.05, 0.1) is 17.1 Å². The summed E-state index contributed by atoms with van der Waals surface area (Å²) < 4.78 is 3.74. The summed E-state index contributed by atoms with van der Waals surface area (Å²) in [6.07, 6.45) is 2.25. The molecule has 1 atom stereocenters. The molecule has 0 bridgehead atoms. The second-order valence-corrected chi connectivity index (χ2v) is 12.6. The molecular weight excluding hydrogens is 579 g/mol. The van der Waals surface area contributed by atoms with E-state index < -0.39 is 0 Å². The zero-order chi connectivity index (χ0) is 30.5. The summed E-state index contributed by atoms with van der Waals surface area (Å²) >= 11 is 1.82. The lowest BCUT2D eigenvalue weighted by atomic mass is 9.98. The van der Waals surface area contributed by atoms with Crippen molar-refractivity contribution in [1.82, 2.24) is 9.88 Å². The fraction of sp³-hybridized carbons (Fsp3) is 0.0238. The monoisotopic (exact) mass is 607 g/mol. The van der Waals surface area contributed by atoms with Crippen LogP contribution in [0.5, 0.6) is 0 Å². The van der Waals surface area contributed by atoms with Crippen LogP contribution in [0.15, 0.2) is 168 Å². The van der Waals surface area contributed by atoms with E-state index >= 15 is 0 Å². The molecule has 9 rings (SSSR count). The highest BCUT2D eigenvalue weighted by Gasteiger charge is 2.21. The minimum Gasteiger partial charge on any atom is -0.340 e. The molecule has 1 unspecified atom stereocenters. The maximum Gasteiger partial charge on any atom is 0.133 e. The number of para-hydroxylation sites is 1. The SMILES string of the molecule is C1=C(c2ccc(-c3ccccc3)cc2)NC(c2ccccc2)=NC1c1cccc(-n2c3ccccc3c3c4sccc4ccc32)c1. The fourth-order valence-corrected chi connectivity index (χ4v) is 7.65. The first-order chi connectivity index (χ1) is 22.8. The van der Waals surface area contributed by atoms with Gasteiger partial charge < -0.3 is 9.88 Å². The van der Waals surface area contributed by atoms with E-state index in [1.165, 1.54) is 43.0 Å². The third-order valence-electron chi connectivity index (χ3n) is 8.92. The number of rotatable bonds is 5. The van der Waals surface area contributed by atoms with E-state index in [1.54, 1.807) is 0 Å². The summed E-state index contributed by atoms with van der Waals surface area (Å²) in [5.41, 5.74) is 10.4. The van der Waals surface area contributed by atoms with Gasteiger partial charge in [0.25, 0.3) is 0 Å². The van der Waals surface area contributed by atoms with Crippen molar-refractivity contribution < 1.29 is 0 Å². The van der Waals surface area contributed by atoms with Crippen molar-refractivity contribution in [2.45, 2.75) is 6.04 Å². The predicted octanol–water partition coefficient (Wildman–Crippen LogP) is 10.8. The van der Waals surface area contributed by atoms with Crippen molar-refractivity contribution >= 4 is 54.8 Å². The molecule has 0 amide bonds. The minimum atomic E-state index is -0.155. The Hall–Kier alpha value is -5.71. The number of fused-ring (bicyclic) bond motifs is 5. The molecule has 0 spiro atoms. The second kappa shape index (κ2) is 11.0. The Balaban J connectivity index is 1.17. The maximum atomic E-state index is 5.27. The molecule has 8 aromatic rings. The molecule has 1 N–H and O–H groups in total. The molecular formula is C42H29N3S. The van der Waals surface area contributed by atoms with E-state index in [0.717, 1.165) is 33.9 Å². The first kappa shape index (κ1) is 26.7. The summed E-state index contributed by atoms with van der Waals surface area (Å²) in [6, 6.07) is 53.9. The van der Waals surface area contributed by atoms with Gasteiger partial charge in [-0.25, -0.2) is 0 Å². The predicted molar refractivity (Wildman–Crippen MR) is 195 cm³/mol. The first-order valence-electron chi connectivity index (χ1n) is 15.6. The lowest BCUT2D eigenvalue weighted by Gasteiger charge is -2.24. The van der Waals surface area contributed by atoms with Gasteiger partial charge in [0.15, 0.2) is 0 Å². The molecule has 3 heterocycles. The second-order valence-electron chi connectivity index (χ2n) is 11.7. The molecule has 0 radical (unpaired) electrons. The number of nitrogens with zero attached hydrogens (tertiary/aromatic N) is 2. The number of aromatic nitrogens is 1. The van der Waals surface area contributed by atoms with Crippen LogP contribution in [-0.4, -0.2) is 10.4 Å². The Labute approximate surface area is 271 Å². The highest BCUT2D eigenvalue weighted by atomic mass is 32.1. The van der Waals surface area contributed by atoms with Crippen LogP contribution in [0, 0.1) is 0 Å². The fourth-order valence-electron chi connectivity index (χ4n) is 6.69. The maximum absolute atomic E-state index is 5.27. The third kappa shape index (κ3) is 4.54. The molecule has 3 nitrogen and oxygen atoms in total. The van der Waals surface area contributed by atoms with Gasteiger partial charge in [0, 0.05) is 32.4 Å². The molecule has 1 aliphatic heterocycles. The molecule has 0 fully saturated rings. The van der Waals surface area contributed by atoms with Gasteiger partial charge in [-0.05, 0) is 69.4 Å². The van der Waals surface area contributed by atoms with Crippen LogP contribution in [0.3, 0.4) is 0 Å². The highest BCUT2D eigenvalue weighted by molar-refractivity contribution is 7.18. The summed E-state index contributed by atoms with van der Waals surface area (Å²) in [7, 11) is 0. The molecule has 2 aromatic heterocycles. The van der Waals surface area contributed by atoms with E-state index in [2.05, 4.69) is 167 Å². The lowest BCUT2D eigenvalue weighted by molar-refractivity contribution is 0.878. The molecule has 0 saturated carbocycles. The third-order valence-corrected chi connectivity index (χ3v) is 9.87. The number of thiophene rings is 1. The molecule has 0 aliphatic carbocycles. The zero-order valence-corrected chi connectivity index (χ0v) is 25.8. The van der Waals surface area contributed by atoms with E-state index in [0.29, 0.717) is 0 Å². The number of aliphatic imine (C=N–C) groups is 1. The highest BCUT2D eigenvalue weighted by Crippen LogP contribution is 2.39. The summed E-state index contributed by atoms with van der Waals surface area (Å²) in [6.45, 7) is 0. The van der Waals surface area contributed by atoms with Gasteiger partial charge in [-0.15, -0.1) is 11.3 Å². The molecule has 4 heteroatoms. The normalized spacial score (nSPS) is 14.7. The Morgan fingerprint density at radius 3 is 2.13 bits per heavy atom. The Kier molecular flexibility index (Phi) is 6.39. The van der Waals surface area contributed by atoms with Crippen molar-refractivity contribution in [2.75, 3.05) is 0 Å². The smallest absolute Gasteiger partial charge is 0.133 e. The summed E-state index contributed by atoms with van der Waals surface area (Å²) in [4.78, 5) is 5.27. The quantitative estimate of drug-likeness (QED) is 0.207. The number of hydrogen-bond acceptors (Lipinski definition) is 3. The van der Waals surface area contributed by atoms with E-state index in [-0.39, 0.29) is 6.04 Å². The van der Waals surface area contributed by atoms with Crippen molar-refractivity contribution in [3.63, 3.8) is 0 Å². The summed E-state index contributed by atoms with van der Waals surface area (Å²) in [5.74, 6) is 0.873. The van der Waals surface area contributed by atoms with Crippen molar-refractivity contribution in [3.8, 4) is 16.8 Å². The Morgan fingerprint density at radius 2 is 1.30 bits per heavy atom. The lowest BCUT2D eigenvalue weighted by Crippen LogP contribution is -2.27. The molecule has 218 valence electrons. The zero-order valence-electron chi connectivity index (χ0n) is 25.0. The van der Waals surface area contributed by atoms with Gasteiger partial charge in [-0.1, -0.05) is 121 Å². The van der Waals surface area contributed by atoms with Gasteiger partial charge >= 0.3 is 0 Å². The van der Waals surface area contributed by atoms with E-state index in [9.17, 15) is 0 Å². The molecule has 1 aliphatic rings. The van der Waals surface area contributed by atoms with Gasteiger partial charge in [0.2, 0.25) is 0 Å².